The fraction of sp³-hybridized carbons (Fsp3) is 0.500. The van der Waals surface area contributed by atoms with Crippen LogP contribution in [0.4, 0.5) is 11.4 Å². The van der Waals surface area contributed by atoms with Crippen LogP contribution in [0.2, 0.25) is 0 Å². The molecule has 0 saturated carbocycles. The Labute approximate surface area is 119 Å². The molecule has 4 N–H and O–H groups in total. The number of nitrogens with one attached hydrogen (secondary N) is 1. The highest BCUT2D eigenvalue weighted by atomic mass is 16.3. The molecular weight excluding hydrogens is 256 g/mol. The van der Waals surface area contributed by atoms with E-state index in [0.29, 0.717) is 18.8 Å². The van der Waals surface area contributed by atoms with Gasteiger partial charge in [-0.15, -0.1) is 0 Å². The highest BCUT2D eigenvalue weighted by Gasteiger charge is 2.18. The molecule has 0 bridgehead atoms. The van der Waals surface area contributed by atoms with Crippen LogP contribution in [-0.4, -0.2) is 66.7 Å². The van der Waals surface area contributed by atoms with Gasteiger partial charge in [0, 0.05) is 44.1 Å². The van der Waals surface area contributed by atoms with Gasteiger partial charge in [0.15, 0.2) is 0 Å². The molecule has 1 aliphatic rings. The van der Waals surface area contributed by atoms with Gasteiger partial charge in [0.2, 0.25) is 5.91 Å². The Hall–Kier alpha value is -1.63. The first-order valence-corrected chi connectivity index (χ1v) is 6.88. The van der Waals surface area contributed by atoms with Gasteiger partial charge in [-0.25, -0.2) is 0 Å². The molecule has 110 valence electrons. The molecule has 0 aliphatic carbocycles. The van der Waals surface area contributed by atoms with Crippen LogP contribution >= 0.6 is 0 Å². The van der Waals surface area contributed by atoms with E-state index < -0.39 is 0 Å². The number of benzene rings is 1. The van der Waals surface area contributed by atoms with Crippen molar-refractivity contribution in [1.29, 1.82) is 0 Å². The maximum atomic E-state index is 11.9. The smallest absolute Gasteiger partial charge is 0.238 e. The van der Waals surface area contributed by atoms with E-state index in [0.717, 1.165) is 31.9 Å². The number of aliphatic hydroxyl groups excluding tert-OH is 1. The number of anilines is 2. The van der Waals surface area contributed by atoms with E-state index in [4.69, 9.17) is 10.8 Å². The van der Waals surface area contributed by atoms with Gasteiger partial charge in [0.1, 0.15) is 0 Å². The first-order valence-electron chi connectivity index (χ1n) is 6.88. The third kappa shape index (κ3) is 4.48. The number of nitrogen functional groups attached to an aromatic ring is 1. The molecule has 0 atom stereocenters. The zero-order chi connectivity index (χ0) is 14.4. The van der Waals surface area contributed by atoms with E-state index in [-0.39, 0.29) is 12.5 Å². The first-order chi connectivity index (χ1) is 9.67. The summed E-state index contributed by atoms with van der Waals surface area (Å²) in [6.07, 6.45) is 0. The van der Waals surface area contributed by atoms with Crippen LogP contribution in [-0.2, 0) is 4.79 Å². The molecule has 20 heavy (non-hydrogen) atoms. The molecule has 1 fully saturated rings. The van der Waals surface area contributed by atoms with Crippen molar-refractivity contribution in [3.05, 3.63) is 24.3 Å². The maximum Gasteiger partial charge on any atom is 0.238 e. The summed E-state index contributed by atoms with van der Waals surface area (Å²) in [5.74, 6) is -0.00891. The second kappa shape index (κ2) is 7.23. The van der Waals surface area contributed by atoms with Crippen LogP contribution in [0, 0.1) is 0 Å². The van der Waals surface area contributed by atoms with Gasteiger partial charge in [-0.2, -0.15) is 0 Å². The molecule has 1 heterocycles. The predicted octanol–water partition coefficient (Wildman–Crippen LogP) is -0.183. The highest BCUT2D eigenvalue weighted by Crippen LogP contribution is 2.10. The fourth-order valence-electron chi connectivity index (χ4n) is 2.28. The first kappa shape index (κ1) is 14.8. The summed E-state index contributed by atoms with van der Waals surface area (Å²) in [5, 5.41) is 11.7. The molecule has 0 spiro atoms. The number of piperazine rings is 1. The van der Waals surface area contributed by atoms with E-state index in [1.807, 2.05) is 0 Å². The average molecular weight is 278 g/mol. The molecule has 6 nitrogen and oxygen atoms in total. The molecule has 1 aromatic carbocycles. The quantitative estimate of drug-likeness (QED) is 0.651. The van der Waals surface area contributed by atoms with Crippen LogP contribution < -0.4 is 11.1 Å². The van der Waals surface area contributed by atoms with Crippen LogP contribution in [0.15, 0.2) is 24.3 Å². The number of carbonyl (C=O) groups excluding carboxylic acids is 1. The Bertz CT molecular complexity index is 427. The number of aliphatic hydroxyl groups is 1. The van der Waals surface area contributed by atoms with Crippen LogP contribution in [0.1, 0.15) is 0 Å². The van der Waals surface area contributed by atoms with Gasteiger partial charge in [0.25, 0.3) is 0 Å². The number of β-amino-alcohol motifs (C(OH)–C–C–N with tert-alkyl or cyclic N) is 1. The van der Waals surface area contributed by atoms with E-state index >= 15 is 0 Å². The van der Waals surface area contributed by atoms with Gasteiger partial charge in [-0.3, -0.25) is 14.6 Å². The Morgan fingerprint density at radius 1 is 1.15 bits per heavy atom. The van der Waals surface area contributed by atoms with Crippen molar-refractivity contribution >= 4 is 17.3 Å². The second-order valence-corrected chi connectivity index (χ2v) is 5.01. The third-order valence-corrected chi connectivity index (χ3v) is 3.44. The molecule has 1 saturated heterocycles. The van der Waals surface area contributed by atoms with E-state index in [2.05, 4.69) is 15.1 Å². The van der Waals surface area contributed by atoms with Crippen molar-refractivity contribution < 1.29 is 9.90 Å². The fourth-order valence-corrected chi connectivity index (χ4v) is 2.28. The van der Waals surface area contributed by atoms with Gasteiger partial charge >= 0.3 is 0 Å². The summed E-state index contributed by atoms with van der Waals surface area (Å²) in [6.45, 7) is 4.82. The number of hydrogen-bond acceptors (Lipinski definition) is 5. The van der Waals surface area contributed by atoms with E-state index in [9.17, 15) is 4.79 Å². The van der Waals surface area contributed by atoms with E-state index in [1.54, 1.807) is 24.3 Å². The molecular formula is C14H22N4O2. The lowest BCUT2D eigenvalue weighted by Crippen LogP contribution is -2.49. The zero-order valence-electron chi connectivity index (χ0n) is 11.6. The van der Waals surface area contributed by atoms with Crippen molar-refractivity contribution in [3.63, 3.8) is 0 Å². The van der Waals surface area contributed by atoms with Crippen molar-refractivity contribution in [1.82, 2.24) is 9.80 Å². The Kier molecular flexibility index (Phi) is 5.34. The monoisotopic (exact) mass is 278 g/mol. The lowest BCUT2D eigenvalue weighted by molar-refractivity contribution is -0.117. The summed E-state index contributed by atoms with van der Waals surface area (Å²) < 4.78 is 0. The lowest BCUT2D eigenvalue weighted by Gasteiger charge is -2.33. The van der Waals surface area contributed by atoms with Gasteiger partial charge in [0.05, 0.1) is 13.2 Å². The van der Waals surface area contributed by atoms with Crippen LogP contribution in [0.3, 0.4) is 0 Å². The van der Waals surface area contributed by atoms with Crippen LogP contribution in [0.25, 0.3) is 0 Å². The molecule has 2 rings (SSSR count). The summed E-state index contributed by atoms with van der Waals surface area (Å²) >= 11 is 0. The summed E-state index contributed by atoms with van der Waals surface area (Å²) in [7, 11) is 0. The predicted molar refractivity (Wildman–Crippen MR) is 79.4 cm³/mol. The molecule has 0 aromatic heterocycles. The number of hydrogen-bond donors (Lipinski definition) is 3. The SMILES string of the molecule is Nc1ccc(NC(=O)CN2CCN(CCO)CC2)cc1. The van der Waals surface area contributed by atoms with Crippen molar-refractivity contribution in [2.45, 2.75) is 0 Å². The molecule has 1 aromatic rings. The van der Waals surface area contributed by atoms with E-state index in [1.165, 1.54) is 0 Å². The summed E-state index contributed by atoms with van der Waals surface area (Å²) in [4.78, 5) is 16.3. The van der Waals surface area contributed by atoms with Gasteiger partial charge in [-0.05, 0) is 24.3 Å². The molecule has 6 heteroatoms. The topological polar surface area (TPSA) is 81.8 Å². The highest BCUT2D eigenvalue weighted by molar-refractivity contribution is 5.92. The van der Waals surface area contributed by atoms with Gasteiger partial charge < -0.3 is 16.2 Å². The minimum Gasteiger partial charge on any atom is -0.399 e. The molecule has 1 amide bonds. The summed E-state index contributed by atoms with van der Waals surface area (Å²) in [5.41, 5.74) is 7.05. The van der Waals surface area contributed by atoms with Crippen molar-refractivity contribution in [2.75, 3.05) is 56.9 Å². The minimum absolute atomic E-state index is 0.00891. The Morgan fingerprint density at radius 2 is 1.75 bits per heavy atom. The zero-order valence-corrected chi connectivity index (χ0v) is 11.6. The van der Waals surface area contributed by atoms with Crippen molar-refractivity contribution in [2.24, 2.45) is 0 Å². The largest absolute Gasteiger partial charge is 0.399 e. The van der Waals surface area contributed by atoms with Gasteiger partial charge in [-0.1, -0.05) is 0 Å². The maximum absolute atomic E-state index is 11.9. The third-order valence-electron chi connectivity index (χ3n) is 3.44. The Balaban J connectivity index is 1.74. The lowest BCUT2D eigenvalue weighted by atomic mass is 10.2. The Morgan fingerprint density at radius 3 is 2.35 bits per heavy atom. The summed E-state index contributed by atoms with van der Waals surface area (Å²) in [6, 6.07) is 7.13. The van der Waals surface area contributed by atoms with Crippen LogP contribution in [0.5, 0.6) is 0 Å². The average Bonchev–Trinajstić information content (AvgIpc) is 2.44. The molecule has 0 radical (unpaired) electrons. The number of amides is 1. The number of rotatable bonds is 5. The number of nitrogens with two attached hydrogens (primary N) is 1. The second-order valence-electron chi connectivity index (χ2n) is 5.01. The molecule has 0 unspecified atom stereocenters. The molecule has 1 aliphatic heterocycles. The number of nitrogens with zero attached hydrogens (tertiary/aromatic N) is 2. The van der Waals surface area contributed by atoms with Crippen molar-refractivity contribution in [3.8, 4) is 0 Å². The standard InChI is InChI=1S/C14H22N4O2/c15-12-1-3-13(4-2-12)16-14(20)11-18-7-5-17(6-8-18)9-10-19/h1-4,19H,5-11,15H2,(H,16,20). The normalized spacial score (nSPS) is 17.1. The number of carbonyl (C=O) groups is 1. The minimum atomic E-state index is -0.00891.